The van der Waals surface area contributed by atoms with Gasteiger partial charge in [-0.3, -0.25) is 4.79 Å². The van der Waals surface area contributed by atoms with Crippen LogP contribution in [0, 0.1) is 5.41 Å². The predicted octanol–water partition coefficient (Wildman–Crippen LogP) is 2.78. The van der Waals surface area contributed by atoms with E-state index in [0.717, 1.165) is 38.4 Å². The van der Waals surface area contributed by atoms with E-state index in [1.807, 2.05) is 6.07 Å². The topological polar surface area (TPSA) is 48.5 Å². The third-order valence-corrected chi connectivity index (χ3v) is 4.26. The number of carbonyl (C=O) groups is 1. The molecule has 0 aromatic carbocycles. The second-order valence-corrected chi connectivity index (χ2v) is 8.77. The van der Waals surface area contributed by atoms with Crippen molar-refractivity contribution in [3.05, 3.63) is 23.9 Å². The summed E-state index contributed by atoms with van der Waals surface area (Å²) in [6, 6.07) is 3.70. The normalized spacial score (nSPS) is 17.0. The van der Waals surface area contributed by atoms with Crippen LogP contribution < -0.4 is 10.2 Å². The van der Waals surface area contributed by atoms with Gasteiger partial charge in [0.25, 0.3) is 5.91 Å². The zero-order valence-corrected chi connectivity index (χ0v) is 16.0. The first-order valence-electron chi connectivity index (χ1n) is 8.78. The number of nitrogens with zero attached hydrogens (tertiary/aromatic N) is 3. The fourth-order valence-electron chi connectivity index (χ4n) is 3.52. The van der Waals surface area contributed by atoms with Crippen molar-refractivity contribution in [2.75, 3.05) is 38.1 Å². The zero-order chi connectivity index (χ0) is 18.0. The predicted molar refractivity (Wildman–Crippen MR) is 99.6 cm³/mol. The maximum absolute atomic E-state index is 12.7. The van der Waals surface area contributed by atoms with E-state index in [-0.39, 0.29) is 16.9 Å². The van der Waals surface area contributed by atoms with E-state index < -0.39 is 0 Å². The molecule has 1 aromatic rings. The Morgan fingerprint density at radius 1 is 1.17 bits per heavy atom. The molecule has 5 nitrogen and oxygen atoms in total. The molecule has 0 saturated carbocycles. The second-order valence-electron chi connectivity index (χ2n) is 8.77. The molecule has 0 spiro atoms. The summed E-state index contributed by atoms with van der Waals surface area (Å²) in [6.07, 6.45) is 2.65. The largest absolute Gasteiger partial charge is 0.354 e. The molecule has 134 valence electrons. The smallest absolute Gasteiger partial charge is 0.251 e. The van der Waals surface area contributed by atoms with Crippen molar-refractivity contribution < 1.29 is 4.79 Å². The first-order valence-corrected chi connectivity index (χ1v) is 8.78. The average molecular weight is 332 g/mol. The fraction of sp³-hybridized carbons (Fsp3) is 0.684. The molecule has 0 bridgehead atoms. The number of amides is 1. The molecule has 24 heavy (non-hydrogen) atoms. The molecular formula is C19H32N4O. The number of carbonyl (C=O) groups excluding carboxylic acids is 1. The quantitative estimate of drug-likeness (QED) is 0.921. The molecule has 1 amide bonds. The molecule has 1 aliphatic heterocycles. The molecule has 1 N–H and O–H groups in total. The minimum atomic E-state index is -0.243. The summed E-state index contributed by atoms with van der Waals surface area (Å²) in [5.74, 6) is 0.867. The summed E-state index contributed by atoms with van der Waals surface area (Å²) in [6.45, 7) is 14.7. The summed E-state index contributed by atoms with van der Waals surface area (Å²) in [4.78, 5) is 21.7. The Balaban J connectivity index is 2.06. The standard InChI is InChI=1S/C19H32N4O/c1-18(2,3)14-19(4,5)21-17(24)15-7-8-20-16(13-15)23-11-9-22(6)10-12-23/h7-8,13H,9-12,14H2,1-6H3,(H,21,24). The molecule has 1 saturated heterocycles. The zero-order valence-electron chi connectivity index (χ0n) is 16.0. The van der Waals surface area contributed by atoms with Crippen molar-refractivity contribution in [2.24, 2.45) is 5.41 Å². The van der Waals surface area contributed by atoms with Gasteiger partial charge in [-0.15, -0.1) is 0 Å². The van der Waals surface area contributed by atoms with E-state index in [0.29, 0.717) is 5.56 Å². The van der Waals surface area contributed by atoms with E-state index in [1.54, 1.807) is 12.3 Å². The average Bonchev–Trinajstić information content (AvgIpc) is 2.45. The molecule has 2 rings (SSSR count). The van der Waals surface area contributed by atoms with Crippen LogP contribution in [0.15, 0.2) is 18.3 Å². The lowest BCUT2D eigenvalue weighted by Crippen LogP contribution is -2.46. The Hall–Kier alpha value is -1.62. The van der Waals surface area contributed by atoms with Gasteiger partial charge in [-0.25, -0.2) is 4.98 Å². The van der Waals surface area contributed by atoms with Crippen LogP contribution in [-0.4, -0.2) is 54.6 Å². The van der Waals surface area contributed by atoms with Crippen LogP contribution in [0.2, 0.25) is 0 Å². The van der Waals surface area contributed by atoms with Crippen LogP contribution in [0.25, 0.3) is 0 Å². The van der Waals surface area contributed by atoms with Crippen LogP contribution in [0.4, 0.5) is 5.82 Å². The van der Waals surface area contributed by atoms with Crippen molar-refractivity contribution in [2.45, 2.75) is 46.6 Å². The Kier molecular flexibility index (Phi) is 5.53. The Bertz CT molecular complexity index is 569. The summed E-state index contributed by atoms with van der Waals surface area (Å²) in [5.41, 5.74) is 0.605. The van der Waals surface area contributed by atoms with Gasteiger partial charge in [-0.2, -0.15) is 0 Å². The monoisotopic (exact) mass is 332 g/mol. The Labute approximate surface area is 146 Å². The summed E-state index contributed by atoms with van der Waals surface area (Å²) in [5, 5.41) is 3.17. The first-order chi connectivity index (χ1) is 11.1. The highest BCUT2D eigenvalue weighted by molar-refractivity contribution is 5.95. The minimum Gasteiger partial charge on any atom is -0.354 e. The molecule has 5 heteroatoms. The van der Waals surface area contributed by atoms with Gasteiger partial charge in [0.05, 0.1) is 0 Å². The van der Waals surface area contributed by atoms with Crippen LogP contribution >= 0.6 is 0 Å². The van der Waals surface area contributed by atoms with Crippen LogP contribution in [0.1, 0.15) is 51.4 Å². The lowest BCUT2D eigenvalue weighted by molar-refractivity contribution is 0.0891. The van der Waals surface area contributed by atoms with Gasteiger partial charge in [0, 0.05) is 43.5 Å². The summed E-state index contributed by atoms with van der Waals surface area (Å²) in [7, 11) is 2.13. The van der Waals surface area contributed by atoms with Crippen molar-refractivity contribution >= 4 is 11.7 Å². The van der Waals surface area contributed by atoms with Crippen LogP contribution in [-0.2, 0) is 0 Å². The first kappa shape index (κ1) is 18.7. The third kappa shape index (κ3) is 5.48. The lowest BCUT2D eigenvalue weighted by Gasteiger charge is -2.34. The Morgan fingerprint density at radius 3 is 2.38 bits per heavy atom. The van der Waals surface area contributed by atoms with E-state index in [9.17, 15) is 4.79 Å². The second kappa shape index (κ2) is 7.09. The van der Waals surface area contributed by atoms with Crippen molar-refractivity contribution in [3.63, 3.8) is 0 Å². The Morgan fingerprint density at radius 2 is 1.79 bits per heavy atom. The maximum Gasteiger partial charge on any atom is 0.251 e. The van der Waals surface area contributed by atoms with Gasteiger partial charge in [-0.1, -0.05) is 20.8 Å². The maximum atomic E-state index is 12.7. The van der Waals surface area contributed by atoms with Crippen LogP contribution in [0.5, 0.6) is 0 Å². The number of piperazine rings is 1. The van der Waals surface area contributed by atoms with Crippen LogP contribution in [0.3, 0.4) is 0 Å². The minimum absolute atomic E-state index is 0.0259. The highest BCUT2D eigenvalue weighted by atomic mass is 16.1. The number of aromatic nitrogens is 1. The lowest BCUT2D eigenvalue weighted by atomic mass is 9.81. The van der Waals surface area contributed by atoms with Gasteiger partial charge >= 0.3 is 0 Å². The highest BCUT2D eigenvalue weighted by Gasteiger charge is 2.27. The van der Waals surface area contributed by atoms with Gasteiger partial charge in [0.15, 0.2) is 0 Å². The number of hydrogen-bond acceptors (Lipinski definition) is 4. The van der Waals surface area contributed by atoms with Crippen molar-refractivity contribution in [3.8, 4) is 0 Å². The molecule has 1 aromatic heterocycles. The number of likely N-dealkylation sites (N-methyl/N-ethyl adjacent to an activating group) is 1. The molecule has 0 radical (unpaired) electrons. The molecular weight excluding hydrogens is 300 g/mol. The van der Waals surface area contributed by atoms with Gasteiger partial charge in [0.1, 0.15) is 5.82 Å². The van der Waals surface area contributed by atoms with E-state index in [2.05, 4.69) is 61.8 Å². The SMILES string of the molecule is CN1CCN(c2cc(C(=O)NC(C)(C)CC(C)(C)C)ccn2)CC1. The summed E-state index contributed by atoms with van der Waals surface area (Å²) >= 11 is 0. The molecule has 1 fully saturated rings. The number of rotatable bonds is 4. The third-order valence-electron chi connectivity index (χ3n) is 4.26. The highest BCUT2D eigenvalue weighted by Crippen LogP contribution is 2.27. The number of nitrogens with one attached hydrogen (secondary N) is 1. The fourth-order valence-corrected chi connectivity index (χ4v) is 3.52. The molecule has 1 aliphatic rings. The molecule has 0 aliphatic carbocycles. The summed E-state index contributed by atoms with van der Waals surface area (Å²) < 4.78 is 0. The van der Waals surface area contributed by atoms with Gasteiger partial charge in [-0.05, 0) is 44.9 Å². The van der Waals surface area contributed by atoms with Crippen molar-refractivity contribution in [1.82, 2.24) is 15.2 Å². The van der Waals surface area contributed by atoms with Crippen molar-refractivity contribution in [1.29, 1.82) is 0 Å². The number of hydrogen-bond donors (Lipinski definition) is 1. The van der Waals surface area contributed by atoms with Gasteiger partial charge in [0.2, 0.25) is 0 Å². The van der Waals surface area contributed by atoms with Gasteiger partial charge < -0.3 is 15.1 Å². The van der Waals surface area contributed by atoms with E-state index in [4.69, 9.17) is 0 Å². The van der Waals surface area contributed by atoms with E-state index in [1.165, 1.54) is 0 Å². The number of pyridine rings is 1. The molecule has 0 unspecified atom stereocenters. The number of anilines is 1. The van der Waals surface area contributed by atoms with E-state index >= 15 is 0 Å². The molecule has 0 atom stereocenters. The molecule has 2 heterocycles.